The van der Waals surface area contributed by atoms with Crippen molar-refractivity contribution in [3.8, 4) is 0 Å². The Balaban J connectivity index is 2.76. The Bertz CT molecular complexity index is 505. The lowest BCUT2D eigenvalue weighted by Gasteiger charge is -2.20. The molecule has 5 nitrogen and oxygen atoms in total. The first kappa shape index (κ1) is 15.9. The molecular formula is C14H19FN2O3. The standard InChI is InChI=1S/C14H19FN2O3/c1-4-8(2)12(13(18)19)17-14(20)16-11-7-5-6-10(15)9(11)3/h5-8,12H,4H2,1-3H3,(H,18,19)(H2,16,17,20)/t8-,12-/m0/s1. The van der Waals surface area contributed by atoms with E-state index in [0.29, 0.717) is 17.7 Å². The van der Waals surface area contributed by atoms with Crippen molar-refractivity contribution in [1.82, 2.24) is 5.32 Å². The van der Waals surface area contributed by atoms with E-state index in [1.807, 2.05) is 6.92 Å². The van der Waals surface area contributed by atoms with Gasteiger partial charge in [-0.3, -0.25) is 0 Å². The number of halogens is 1. The number of amides is 2. The number of urea groups is 1. The van der Waals surface area contributed by atoms with Gasteiger partial charge < -0.3 is 15.7 Å². The summed E-state index contributed by atoms with van der Waals surface area (Å²) in [5, 5.41) is 13.9. The van der Waals surface area contributed by atoms with Gasteiger partial charge >= 0.3 is 12.0 Å². The maximum absolute atomic E-state index is 13.3. The molecule has 3 N–H and O–H groups in total. The summed E-state index contributed by atoms with van der Waals surface area (Å²) in [5.74, 6) is -1.73. The van der Waals surface area contributed by atoms with Gasteiger partial charge in [0, 0.05) is 11.3 Å². The topological polar surface area (TPSA) is 78.4 Å². The van der Waals surface area contributed by atoms with E-state index >= 15 is 0 Å². The lowest BCUT2D eigenvalue weighted by atomic mass is 9.99. The Labute approximate surface area is 117 Å². The van der Waals surface area contributed by atoms with E-state index in [0.717, 1.165) is 0 Å². The highest BCUT2D eigenvalue weighted by atomic mass is 19.1. The molecule has 0 aliphatic heterocycles. The molecule has 0 saturated heterocycles. The third-order valence-electron chi connectivity index (χ3n) is 3.28. The summed E-state index contributed by atoms with van der Waals surface area (Å²) in [7, 11) is 0. The Kier molecular flexibility index (Phi) is 5.49. The van der Waals surface area contributed by atoms with Crippen molar-refractivity contribution in [3.63, 3.8) is 0 Å². The molecule has 2 amide bonds. The third-order valence-corrected chi connectivity index (χ3v) is 3.28. The van der Waals surface area contributed by atoms with E-state index < -0.39 is 23.9 Å². The van der Waals surface area contributed by atoms with Crippen LogP contribution in [0.15, 0.2) is 18.2 Å². The highest BCUT2D eigenvalue weighted by Gasteiger charge is 2.25. The molecule has 0 aromatic heterocycles. The summed E-state index contributed by atoms with van der Waals surface area (Å²) in [6.07, 6.45) is 0.621. The van der Waals surface area contributed by atoms with Gasteiger partial charge in [-0.15, -0.1) is 0 Å². The van der Waals surface area contributed by atoms with Crippen LogP contribution in [0.4, 0.5) is 14.9 Å². The Morgan fingerprint density at radius 1 is 1.40 bits per heavy atom. The fourth-order valence-corrected chi connectivity index (χ4v) is 1.73. The largest absolute Gasteiger partial charge is 0.480 e. The van der Waals surface area contributed by atoms with E-state index in [2.05, 4.69) is 10.6 Å². The number of hydrogen-bond donors (Lipinski definition) is 3. The maximum Gasteiger partial charge on any atom is 0.326 e. The molecule has 110 valence electrons. The Hall–Kier alpha value is -2.11. The zero-order chi connectivity index (χ0) is 15.3. The van der Waals surface area contributed by atoms with Gasteiger partial charge in [-0.05, 0) is 25.0 Å². The van der Waals surface area contributed by atoms with Crippen molar-refractivity contribution in [2.75, 3.05) is 5.32 Å². The predicted molar refractivity (Wildman–Crippen MR) is 74.2 cm³/mol. The molecule has 0 fully saturated rings. The van der Waals surface area contributed by atoms with Crippen LogP contribution in [0.2, 0.25) is 0 Å². The van der Waals surface area contributed by atoms with Gasteiger partial charge in [0.25, 0.3) is 0 Å². The number of benzene rings is 1. The SMILES string of the molecule is CC[C@H](C)[C@H](NC(=O)Nc1cccc(F)c1C)C(=O)O. The van der Waals surface area contributed by atoms with Crippen LogP contribution in [-0.4, -0.2) is 23.1 Å². The van der Waals surface area contributed by atoms with Crippen molar-refractivity contribution >= 4 is 17.7 Å². The van der Waals surface area contributed by atoms with Crippen LogP contribution in [0.25, 0.3) is 0 Å². The fourth-order valence-electron chi connectivity index (χ4n) is 1.73. The van der Waals surface area contributed by atoms with E-state index in [1.165, 1.54) is 19.1 Å². The number of carbonyl (C=O) groups is 2. The molecule has 20 heavy (non-hydrogen) atoms. The van der Waals surface area contributed by atoms with Gasteiger partial charge in [-0.25, -0.2) is 14.0 Å². The Morgan fingerprint density at radius 2 is 2.05 bits per heavy atom. The van der Waals surface area contributed by atoms with E-state index in [9.17, 15) is 14.0 Å². The van der Waals surface area contributed by atoms with Crippen LogP contribution in [0.1, 0.15) is 25.8 Å². The quantitative estimate of drug-likeness (QED) is 0.777. The second-order valence-electron chi connectivity index (χ2n) is 4.71. The monoisotopic (exact) mass is 282 g/mol. The molecule has 0 spiro atoms. The number of nitrogens with one attached hydrogen (secondary N) is 2. The lowest BCUT2D eigenvalue weighted by molar-refractivity contribution is -0.140. The minimum atomic E-state index is -1.09. The van der Waals surface area contributed by atoms with E-state index in [1.54, 1.807) is 13.0 Å². The number of carboxylic acids is 1. The number of carboxylic acid groups (broad SMARTS) is 1. The number of anilines is 1. The lowest BCUT2D eigenvalue weighted by Crippen LogP contribution is -2.46. The summed E-state index contributed by atoms with van der Waals surface area (Å²) in [6.45, 7) is 5.12. The second-order valence-corrected chi connectivity index (χ2v) is 4.71. The second kappa shape index (κ2) is 6.88. The average molecular weight is 282 g/mol. The molecule has 0 aliphatic carbocycles. The molecule has 1 rings (SSSR count). The highest BCUT2D eigenvalue weighted by molar-refractivity contribution is 5.92. The summed E-state index contributed by atoms with van der Waals surface area (Å²) >= 11 is 0. The molecule has 0 bridgehead atoms. The summed E-state index contributed by atoms with van der Waals surface area (Å²) < 4.78 is 13.3. The van der Waals surface area contributed by atoms with Crippen molar-refractivity contribution < 1.29 is 19.1 Å². The summed E-state index contributed by atoms with van der Waals surface area (Å²) in [6, 6.07) is 2.68. The first-order valence-corrected chi connectivity index (χ1v) is 6.42. The van der Waals surface area contributed by atoms with Crippen molar-refractivity contribution in [1.29, 1.82) is 0 Å². The molecule has 6 heteroatoms. The summed E-state index contributed by atoms with van der Waals surface area (Å²) in [5.41, 5.74) is 0.619. The minimum Gasteiger partial charge on any atom is -0.480 e. The van der Waals surface area contributed by atoms with Crippen molar-refractivity contribution in [2.24, 2.45) is 5.92 Å². The van der Waals surface area contributed by atoms with Crippen LogP contribution in [0, 0.1) is 18.7 Å². The molecule has 0 heterocycles. The molecule has 0 aliphatic rings. The molecule has 0 radical (unpaired) electrons. The van der Waals surface area contributed by atoms with E-state index in [-0.39, 0.29) is 5.92 Å². The van der Waals surface area contributed by atoms with E-state index in [4.69, 9.17) is 5.11 Å². The number of hydrogen-bond acceptors (Lipinski definition) is 2. The zero-order valence-electron chi connectivity index (χ0n) is 11.7. The average Bonchev–Trinajstić information content (AvgIpc) is 2.40. The molecule has 0 saturated carbocycles. The smallest absolute Gasteiger partial charge is 0.326 e. The first-order chi connectivity index (χ1) is 9.36. The van der Waals surface area contributed by atoms with Gasteiger partial charge in [0.05, 0.1) is 0 Å². The molecule has 1 aromatic carbocycles. The molecule has 0 unspecified atom stereocenters. The fraction of sp³-hybridized carbons (Fsp3) is 0.429. The number of carbonyl (C=O) groups excluding carboxylic acids is 1. The van der Waals surface area contributed by atoms with Gasteiger partial charge in [-0.1, -0.05) is 26.3 Å². The van der Waals surface area contributed by atoms with Gasteiger partial charge in [0.2, 0.25) is 0 Å². The van der Waals surface area contributed by atoms with Crippen molar-refractivity contribution in [3.05, 3.63) is 29.6 Å². The van der Waals surface area contributed by atoms with Crippen molar-refractivity contribution in [2.45, 2.75) is 33.2 Å². The van der Waals surface area contributed by atoms with Crippen LogP contribution >= 0.6 is 0 Å². The molecule has 2 atom stereocenters. The van der Waals surface area contributed by atoms with Gasteiger partial charge in [0.1, 0.15) is 11.9 Å². The van der Waals surface area contributed by atoms with Crippen LogP contribution in [0.5, 0.6) is 0 Å². The number of aliphatic carboxylic acids is 1. The first-order valence-electron chi connectivity index (χ1n) is 6.42. The third kappa shape index (κ3) is 3.94. The van der Waals surface area contributed by atoms with Gasteiger partial charge in [0.15, 0.2) is 0 Å². The van der Waals surface area contributed by atoms with Gasteiger partial charge in [-0.2, -0.15) is 0 Å². The van der Waals surface area contributed by atoms with Crippen LogP contribution in [-0.2, 0) is 4.79 Å². The predicted octanol–water partition coefficient (Wildman–Crippen LogP) is 2.75. The minimum absolute atomic E-state index is 0.202. The van der Waals surface area contributed by atoms with Crippen LogP contribution < -0.4 is 10.6 Å². The molecular weight excluding hydrogens is 263 g/mol. The highest BCUT2D eigenvalue weighted by Crippen LogP contribution is 2.17. The Morgan fingerprint density at radius 3 is 2.60 bits per heavy atom. The molecule has 1 aromatic rings. The number of rotatable bonds is 5. The van der Waals surface area contributed by atoms with Crippen LogP contribution in [0.3, 0.4) is 0 Å². The normalized spacial score (nSPS) is 13.4. The summed E-state index contributed by atoms with van der Waals surface area (Å²) in [4.78, 5) is 22.9. The zero-order valence-corrected chi connectivity index (χ0v) is 11.7. The maximum atomic E-state index is 13.3.